The lowest BCUT2D eigenvalue weighted by molar-refractivity contribution is -0.141. The summed E-state index contributed by atoms with van der Waals surface area (Å²) >= 11 is 0. The van der Waals surface area contributed by atoms with Crippen LogP contribution in [-0.2, 0) is 9.53 Å². The summed E-state index contributed by atoms with van der Waals surface area (Å²) in [5.41, 5.74) is 1.15. The summed E-state index contributed by atoms with van der Waals surface area (Å²) in [6.07, 6.45) is 2.36. The van der Waals surface area contributed by atoms with Crippen LogP contribution in [0.5, 0.6) is 5.75 Å². The van der Waals surface area contributed by atoms with Crippen molar-refractivity contribution in [3.8, 4) is 5.75 Å². The largest absolute Gasteiger partial charge is 0.493 e. The first-order valence-electron chi connectivity index (χ1n) is 7.24. The van der Waals surface area contributed by atoms with Gasteiger partial charge in [-0.2, -0.15) is 0 Å². The molecule has 0 saturated heterocycles. The van der Waals surface area contributed by atoms with E-state index in [1.165, 1.54) is 7.11 Å². The van der Waals surface area contributed by atoms with Gasteiger partial charge in [0.25, 0.3) is 0 Å². The number of rotatable bonds is 9. The van der Waals surface area contributed by atoms with Gasteiger partial charge in [-0.3, -0.25) is 4.79 Å². The number of benzene rings is 1. The van der Waals surface area contributed by atoms with E-state index in [0.717, 1.165) is 30.7 Å². The zero-order valence-electron chi connectivity index (χ0n) is 12.6. The molecule has 0 heterocycles. The molecule has 0 bridgehead atoms. The lowest BCUT2D eigenvalue weighted by Gasteiger charge is -2.20. The molecule has 0 radical (unpaired) electrons. The fourth-order valence-electron chi connectivity index (χ4n) is 2.04. The molecule has 1 rings (SSSR count). The molecule has 112 valence electrons. The summed E-state index contributed by atoms with van der Waals surface area (Å²) < 4.78 is 10.3. The van der Waals surface area contributed by atoms with Crippen LogP contribution in [-0.4, -0.2) is 26.2 Å². The van der Waals surface area contributed by atoms with Crippen LogP contribution < -0.4 is 10.1 Å². The van der Waals surface area contributed by atoms with Crippen LogP contribution in [0.1, 0.15) is 44.7 Å². The zero-order chi connectivity index (χ0) is 14.8. The molecule has 0 aliphatic rings. The Hall–Kier alpha value is -1.55. The van der Waals surface area contributed by atoms with Crippen molar-refractivity contribution in [2.45, 2.75) is 39.2 Å². The molecule has 0 fully saturated rings. The second-order valence-electron chi connectivity index (χ2n) is 4.63. The summed E-state index contributed by atoms with van der Waals surface area (Å²) in [5, 5.41) is 3.51. The normalized spacial score (nSPS) is 11.9. The van der Waals surface area contributed by atoms with Gasteiger partial charge in [-0.05, 0) is 25.5 Å². The number of hydrogen-bond donors (Lipinski definition) is 1. The van der Waals surface area contributed by atoms with Gasteiger partial charge < -0.3 is 14.8 Å². The smallest absolute Gasteiger partial charge is 0.308 e. The quantitative estimate of drug-likeness (QED) is 0.706. The topological polar surface area (TPSA) is 47.6 Å². The van der Waals surface area contributed by atoms with E-state index in [-0.39, 0.29) is 18.4 Å². The molecule has 20 heavy (non-hydrogen) atoms. The van der Waals surface area contributed by atoms with Crippen molar-refractivity contribution >= 4 is 5.97 Å². The zero-order valence-corrected chi connectivity index (χ0v) is 12.6. The summed E-state index contributed by atoms with van der Waals surface area (Å²) in [5.74, 6) is 0.588. The maximum Gasteiger partial charge on any atom is 0.308 e. The number of carbonyl (C=O) groups excluding carboxylic acids is 1. The van der Waals surface area contributed by atoms with Crippen molar-refractivity contribution in [3.63, 3.8) is 0 Å². The van der Waals surface area contributed by atoms with E-state index in [1.54, 1.807) is 0 Å². The Morgan fingerprint density at radius 1 is 1.30 bits per heavy atom. The van der Waals surface area contributed by atoms with Gasteiger partial charge in [0.15, 0.2) is 0 Å². The van der Waals surface area contributed by atoms with Crippen LogP contribution >= 0.6 is 0 Å². The summed E-state index contributed by atoms with van der Waals surface area (Å²) in [7, 11) is 1.39. The Kier molecular flexibility index (Phi) is 7.73. The molecule has 0 saturated carbocycles. The Morgan fingerprint density at radius 3 is 2.70 bits per heavy atom. The highest BCUT2D eigenvalue weighted by Crippen LogP contribution is 2.27. The minimum Gasteiger partial charge on any atom is -0.493 e. The van der Waals surface area contributed by atoms with Crippen molar-refractivity contribution in [3.05, 3.63) is 29.8 Å². The highest BCUT2D eigenvalue weighted by Gasteiger charge is 2.13. The predicted octanol–water partition coefficient (Wildman–Crippen LogP) is 3.08. The molecule has 0 amide bonds. The van der Waals surface area contributed by atoms with Crippen molar-refractivity contribution < 1.29 is 14.3 Å². The van der Waals surface area contributed by atoms with Crippen LogP contribution in [0.4, 0.5) is 0 Å². The van der Waals surface area contributed by atoms with Crippen molar-refractivity contribution in [1.29, 1.82) is 0 Å². The van der Waals surface area contributed by atoms with Crippen LogP contribution in [0.15, 0.2) is 24.3 Å². The van der Waals surface area contributed by atoms with Gasteiger partial charge in [-0.25, -0.2) is 0 Å². The second kappa shape index (κ2) is 9.37. The van der Waals surface area contributed by atoms with Gasteiger partial charge in [0.2, 0.25) is 0 Å². The molecule has 1 aromatic carbocycles. The average molecular weight is 279 g/mol. The number of esters is 1. The SMILES string of the molecule is CCCNC(CC)c1ccccc1OCCC(=O)OC. The second-order valence-corrected chi connectivity index (χ2v) is 4.63. The fourth-order valence-corrected chi connectivity index (χ4v) is 2.04. The van der Waals surface area contributed by atoms with E-state index < -0.39 is 0 Å². The van der Waals surface area contributed by atoms with Gasteiger partial charge in [-0.15, -0.1) is 0 Å². The molecule has 1 unspecified atom stereocenters. The van der Waals surface area contributed by atoms with Gasteiger partial charge in [-0.1, -0.05) is 32.0 Å². The molecular formula is C16H25NO3. The summed E-state index contributed by atoms with van der Waals surface area (Å²) in [6.45, 7) is 5.62. The minimum absolute atomic E-state index is 0.251. The minimum atomic E-state index is -0.251. The first-order valence-corrected chi connectivity index (χ1v) is 7.24. The van der Waals surface area contributed by atoms with Gasteiger partial charge in [0, 0.05) is 11.6 Å². The molecule has 1 aromatic rings. The van der Waals surface area contributed by atoms with E-state index in [4.69, 9.17) is 4.74 Å². The number of carbonyl (C=O) groups is 1. The fraction of sp³-hybridized carbons (Fsp3) is 0.562. The first-order chi connectivity index (χ1) is 9.72. The van der Waals surface area contributed by atoms with Crippen LogP contribution in [0, 0.1) is 0 Å². The van der Waals surface area contributed by atoms with Gasteiger partial charge in [0.05, 0.1) is 20.1 Å². The van der Waals surface area contributed by atoms with E-state index >= 15 is 0 Å². The van der Waals surface area contributed by atoms with E-state index in [0.29, 0.717) is 6.61 Å². The number of ether oxygens (including phenoxy) is 2. The first kappa shape index (κ1) is 16.5. The van der Waals surface area contributed by atoms with Gasteiger partial charge in [0.1, 0.15) is 5.75 Å². The third kappa shape index (κ3) is 5.21. The van der Waals surface area contributed by atoms with E-state index in [9.17, 15) is 4.79 Å². The van der Waals surface area contributed by atoms with E-state index in [1.807, 2.05) is 18.2 Å². The van der Waals surface area contributed by atoms with Crippen molar-refractivity contribution in [2.75, 3.05) is 20.3 Å². The molecule has 0 aliphatic heterocycles. The average Bonchev–Trinajstić information content (AvgIpc) is 2.49. The maximum atomic E-state index is 11.1. The van der Waals surface area contributed by atoms with Crippen LogP contribution in [0.3, 0.4) is 0 Å². The lowest BCUT2D eigenvalue weighted by atomic mass is 10.0. The molecular weight excluding hydrogens is 254 g/mol. The molecule has 0 aliphatic carbocycles. The van der Waals surface area contributed by atoms with Gasteiger partial charge >= 0.3 is 5.97 Å². The molecule has 4 nitrogen and oxygen atoms in total. The highest BCUT2D eigenvalue weighted by atomic mass is 16.5. The lowest BCUT2D eigenvalue weighted by Crippen LogP contribution is -2.22. The molecule has 4 heteroatoms. The third-order valence-electron chi connectivity index (χ3n) is 3.13. The van der Waals surface area contributed by atoms with Crippen LogP contribution in [0.25, 0.3) is 0 Å². The maximum absolute atomic E-state index is 11.1. The van der Waals surface area contributed by atoms with Crippen molar-refractivity contribution in [1.82, 2.24) is 5.32 Å². The monoisotopic (exact) mass is 279 g/mol. The number of hydrogen-bond acceptors (Lipinski definition) is 4. The molecule has 1 N–H and O–H groups in total. The number of nitrogens with one attached hydrogen (secondary N) is 1. The van der Waals surface area contributed by atoms with Crippen LogP contribution in [0.2, 0.25) is 0 Å². The Bertz CT molecular complexity index is 406. The Balaban J connectivity index is 2.68. The summed E-state index contributed by atoms with van der Waals surface area (Å²) in [6, 6.07) is 8.26. The van der Waals surface area contributed by atoms with E-state index in [2.05, 4.69) is 30.0 Å². The number of para-hydroxylation sites is 1. The number of methoxy groups -OCH3 is 1. The Morgan fingerprint density at radius 2 is 2.05 bits per heavy atom. The standard InChI is InChI=1S/C16H25NO3/c1-4-11-17-14(5-2)13-8-6-7-9-15(13)20-12-10-16(18)19-3/h6-9,14,17H,4-5,10-12H2,1-3H3. The molecule has 0 spiro atoms. The Labute approximate surface area is 121 Å². The molecule has 0 aromatic heterocycles. The predicted molar refractivity (Wildman–Crippen MR) is 79.9 cm³/mol. The van der Waals surface area contributed by atoms with Crippen molar-refractivity contribution in [2.24, 2.45) is 0 Å². The molecule has 1 atom stereocenters. The third-order valence-corrected chi connectivity index (χ3v) is 3.13. The summed E-state index contributed by atoms with van der Waals surface area (Å²) in [4.78, 5) is 11.1. The highest BCUT2D eigenvalue weighted by molar-refractivity contribution is 5.69.